The van der Waals surface area contributed by atoms with Crippen LogP contribution >= 0.6 is 11.3 Å². The van der Waals surface area contributed by atoms with Gasteiger partial charge in [-0.1, -0.05) is 18.2 Å². The number of alkyl halides is 1. The molecule has 0 aliphatic heterocycles. The van der Waals surface area contributed by atoms with E-state index in [9.17, 15) is 17.6 Å². The Balaban J connectivity index is 2.00. The lowest BCUT2D eigenvalue weighted by molar-refractivity contribution is 0.0600. The van der Waals surface area contributed by atoms with E-state index in [1.165, 1.54) is 14.0 Å². The molecule has 2 aromatic carbocycles. The highest BCUT2D eigenvalue weighted by Gasteiger charge is 2.32. The van der Waals surface area contributed by atoms with Crippen LogP contribution in [-0.4, -0.2) is 39.2 Å². The Labute approximate surface area is 203 Å². The minimum Gasteiger partial charge on any atom is -0.486 e. The smallest absolute Gasteiger partial charge is 0.337 e. The number of halogens is 1. The SMILES string of the molecule is COC(=O)c1ccc(COc2c(C)cc(C)cc2N(CC(C)F)S(=O)(=O)c2nc(C)cs2)cc1. The molecule has 0 radical (unpaired) electrons. The van der Waals surface area contributed by atoms with Gasteiger partial charge in [-0.25, -0.2) is 14.2 Å². The van der Waals surface area contributed by atoms with Gasteiger partial charge in [0.2, 0.25) is 4.34 Å². The molecular formula is C24H27FN2O5S2. The summed E-state index contributed by atoms with van der Waals surface area (Å²) in [5.74, 6) is -0.108. The number of carbonyl (C=O) groups is 1. The number of methoxy groups -OCH3 is 1. The van der Waals surface area contributed by atoms with Crippen LogP contribution in [0.4, 0.5) is 10.1 Å². The fourth-order valence-electron chi connectivity index (χ4n) is 3.41. The average molecular weight is 507 g/mol. The van der Waals surface area contributed by atoms with Crippen LogP contribution in [0.2, 0.25) is 0 Å². The molecule has 10 heteroatoms. The van der Waals surface area contributed by atoms with Crippen molar-refractivity contribution in [3.8, 4) is 5.75 Å². The van der Waals surface area contributed by atoms with Crippen molar-refractivity contribution in [1.82, 2.24) is 4.98 Å². The van der Waals surface area contributed by atoms with Crippen LogP contribution in [0, 0.1) is 20.8 Å². The molecule has 0 N–H and O–H groups in total. The molecule has 0 bridgehead atoms. The summed E-state index contributed by atoms with van der Waals surface area (Å²) in [6.45, 7) is 6.39. The van der Waals surface area contributed by atoms with E-state index in [0.29, 0.717) is 22.6 Å². The Morgan fingerprint density at radius 2 is 1.85 bits per heavy atom. The summed E-state index contributed by atoms with van der Waals surface area (Å²) in [6, 6.07) is 10.2. The molecule has 0 aliphatic carbocycles. The minimum absolute atomic E-state index is 0.103. The maximum absolute atomic E-state index is 14.2. The summed E-state index contributed by atoms with van der Waals surface area (Å²) in [6.07, 6.45) is -1.42. The molecule has 1 aromatic heterocycles. The van der Waals surface area contributed by atoms with E-state index < -0.39 is 22.2 Å². The number of thiazole rings is 1. The number of aryl methyl sites for hydroxylation is 3. The highest BCUT2D eigenvalue weighted by molar-refractivity contribution is 7.94. The number of carbonyl (C=O) groups excluding carboxylic acids is 1. The predicted molar refractivity (Wildman–Crippen MR) is 130 cm³/mol. The van der Waals surface area contributed by atoms with Gasteiger partial charge in [0.05, 0.1) is 24.9 Å². The largest absolute Gasteiger partial charge is 0.486 e. The zero-order chi connectivity index (χ0) is 25.0. The molecule has 1 atom stereocenters. The van der Waals surface area contributed by atoms with Crippen molar-refractivity contribution in [3.63, 3.8) is 0 Å². The molecule has 3 aromatic rings. The number of sulfonamides is 1. The Kier molecular flexibility index (Phi) is 7.93. The number of rotatable bonds is 9. The second-order valence-corrected chi connectivity index (χ2v) is 10.9. The van der Waals surface area contributed by atoms with Crippen molar-refractivity contribution in [2.24, 2.45) is 0 Å². The summed E-state index contributed by atoms with van der Waals surface area (Å²) < 4.78 is 52.9. The van der Waals surface area contributed by atoms with Crippen molar-refractivity contribution in [1.29, 1.82) is 0 Å². The van der Waals surface area contributed by atoms with E-state index in [1.54, 1.807) is 42.6 Å². The molecule has 34 heavy (non-hydrogen) atoms. The van der Waals surface area contributed by atoms with Crippen LogP contribution in [0.5, 0.6) is 5.75 Å². The topological polar surface area (TPSA) is 85.8 Å². The fourth-order valence-corrected chi connectivity index (χ4v) is 6.08. The van der Waals surface area contributed by atoms with Gasteiger partial charge in [-0.3, -0.25) is 4.31 Å². The van der Waals surface area contributed by atoms with Crippen molar-refractivity contribution in [3.05, 3.63) is 69.7 Å². The Morgan fingerprint density at radius 1 is 1.18 bits per heavy atom. The quantitative estimate of drug-likeness (QED) is 0.380. The first-order chi connectivity index (χ1) is 16.0. The van der Waals surface area contributed by atoms with Crippen molar-refractivity contribution < 1.29 is 27.1 Å². The van der Waals surface area contributed by atoms with E-state index in [-0.39, 0.29) is 23.2 Å². The number of anilines is 1. The van der Waals surface area contributed by atoms with Gasteiger partial charge in [0.15, 0.2) is 0 Å². The first-order valence-electron chi connectivity index (χ1n) is 10.5. The van der Waals surface area contributed by atoms with Gasteiger partial charge < -0.3 is 9.47 Å². The standard InChI is InChI=1S/C24H27FN2O5S2/c1-15-10-16(2)22(32-13-19-6-8-20(9-7-19)23(28)31-5)21(11-15)27(12-17(3)25)34(29,30)24-26-18(4)14-33-24/h6-11,14,17H,12-13H2,1-5H3. The van der Waals surface area contributed by atoms with Gasteiger partial charge in [-0.05, 0) is 62.6 Å². The summed E-state index contributed by atoms with van der Waals surface area (Å²) >= 11 is 0.995. The van der Waals surface area contributed by atoms with Crippen LogP contribution in [0.15, 0.2) is 46.1 Å². The second kappa shape index (κ2) is 10.5. The fraction of sp³-hybridized carbons (Fsp3) is 0.333. The molecule has 1 unspecified atom stereocenters. The van der Waals surface area contributed by atoms with Crippen molar-refractivity contribution in [2.75, 3.05) is 18.0 Å². The van der Waals surface area contributed by atoms with E-state index in [4.69, 9.17) is 9.47 Å². The monoisotopic (exact) mass is 506 g/mol. The molecular weight excluding hydrogens is 479 g/mol. The molecule has 0 saturated heterocycles. The lowest BCUT2D eigenvalue weighted by Gasteiger charge is -2.27. The third-order valence-electron chi connectivity index (χ3n) is 4.95. The van der Waals surface area contributed by atoms with Crippen molar-refractivity contribution in [2.45, 2.75) is 44.8 Å². The van der Waals surface area contributed by atoms with Crippen LogP contribution in [0.1, 0.15) is 39.7 Å². The van der Waals surface area contributed by atoms with Gasteiger partial charge in [0.25, 0.3) is 10.0 Å². The van der Waals surface area contributed by atoms with Crippen molar-refractivity contribution >= 4 is 33.0 Å². The molecule has 1 heterocycles. The van der Waals surface area contributed by atoms with E-state index in [0.717, 1.165) is 26.8 Å². The maximum atomic E-state index is 14.2. The zero-order valence-electron chi connectivity index (χ0n) is 19.7. The molecule has 0 amide bonds. The van der Waals surface area contributed by atoms with Crippen LogP contribution in [0.3, 0.4) is 0 Å². The van der Waals surface area contributed by atoms with Gasteiger partial charge in [-0.15, -0.1) is 11.3 Å². The van der Waals surface area contributed by atoms with Gasteiger partial charge in [0.1, 0.15) is 18.5 Å². The number of esters is 1. The summed E-state index contributed by atoms with van der Waals surface area (Å²) in [4.78, 5) is 15.8. The number of benzene rings is 2. The summed E-state index contributed by atoms with van der Waals surface area (Å²) in [5, 5.41) is 1.64. The third-order valence-corrected chi connectivity index (χ3v) is 8.08. The highest BCUT2D eigenvalue weighted by Crippen LogP contribution is 2.38. The summed E-state index contributed by atoms with van der Waals surface area (Å²) in [5.41, 5.74) is 3.52. The minimum atomic E-state index is -4.12. The maximum Gasteiger partial charge on any atom is 0.337 e. The lowest BCUT2D eigenvalue weighted by atomic mass is 10.1. The normalized spacial score (nSPS) is 12.3. The lowest BCUT2D eigenvalue weighted by Crippen LogP contribution is -2.36. The van der Waals surface area contributed by atoms with Crippen LogP contribution in [-0.2, 0) is 21.4 Å². The predicted octanol–water partition coefficient (Wildman–Crippen LogP) is 4.99. The Morgan fingerprint density at radius 3 is 2.41 bits per heavy atom. The molecule has 7 nitrogen and oxygen atoms in total. The molecule has 182 valence electrons. The number of hydrogen-bond acceptors (Lipinski definition) is 7. The number of ether oxygens (including phenoxy) is 2. The molecule has 0 saturated carbocycles. The molecule has 0 spiro atoms. The summed E-state index contributed by atoms with van der Waals surface area (Å²) in [7, 11) is -2.80. The first kappa shape index (κ1) is 25.6. The third kappa shape index (κ3) is 5.74. The first-order valence-corrected chi connectivity index (χ1v) is 12.8. The number of hydrogen-bond donors (Lipinski definition) is 0. The number of nitrogens with zero attached hydrogens (tertiary/aromatic N) is 2. The van der Waals surface area contributed by atoms with E-state index >= 15 is 0 Å². The second-order valence-electron chi connectivity index (χ2n) is 7.98. The molecule has 3 rings (SSSR count). The number of aromatic nitrogens is 1. The highest BCUT2D eigenvalue weighted by atomic mass is 32.2. The van der Waals surface area contributed by atoms with E-state index in [2.05, 4.69) is 4.98 Å². The average Bonchev–Trinajstić information content (AvgIpc) is 3.23. The molecule has 0 aliphatic rings. The van der Waals surface area contributed by atoms with Gasteiger partial charge in [0, 0.05) is 11.1 Å². The Bertz CT molecular complexity index is 1270. The van der Waals surface area contributed by atoms with Gasteiger partial charge in [-0.2, -0.15) is 8.42 Å². The molecule has 0 fully saturated rings. The van der Waals surface area contributed by atoms with Gasteiger partial charge >= 0.3 is 5.97 Å². The van der Waals surface area contributed by atoms with Crippen LogP contribution < -0.4 is 9.04 Å². The van der Waals surface area contributed by atoms with E-state index in [1.807, 2.05) is 19.9 Å². The zero-order valence-corrected chi connectivity index (χ0v) is 21.3. The Hall–Kier alpha value is -2.98. The van der Waals surface area contributed by atoms with Crippen LogP contribution in [0.25, 0.3) is 0 Å².